The molecule has 1 fully saturated rings. The summed E-state index contributed by atoms with van der Waals surface area (Å²) in [5.74, 6) is 1.57. The third-order valence-corrected chi connectivity index (χ3v) is 4.61. The highest BCUT2D eigenvalue weighted by atomic mass is 16.3. The van der Waals surface area contributed by atoms with Crippen LogP contribution in [0.25, 0.3) is 0 Å². The van der Waals surface area contributed by atoms with E-state index in [1.807, 2.05) is 24.1 Å². The molecule has 130 valence electrons. The van der Waals surface area contributed by atoms with Crippen LogP contribution < -0.4 is 0 Å². The first-order valence-corrected chi connectivity index (χ1v) is 8.34. The number of hydrogen-bond donors (Lipinski definition) is 0. The molecule has 8 nitrogen and oxygen atoms in total. The summed E-state index contributed by atoms with van der Waals surface area (Å²) >= 11 is 0. The van der Waals surface area contributed by atoms with Gasteiger partial charge in [-0.05, 0) is 56.3 Å². The van der Waals surface area contributed by atoms with Crippen molar-refractivity contribution in [3.05, 3.63) is 30.0 Å². The SMILES string of the molecule is CC(C)N(C)Cc1nnnn1CC(=O)N1CCC[C@@H]1c1ccco1. The van der Waals surface area contributed by atoms with Gasteiger partial charge >= 0.3 is 0 Å². The Morgan fingerprint density at radius 3 is 3.04 bits per heavy atom. The molecule has 1 aliphatic heterocycles. The van der Waals surface area contributed by atoms with E-state index in [4.69, 9.17) is 4.42 Å². The smallest absolute Gasteiger partial charge is 0.245 e. The van der Waals surface area contributed by atoms with Crippen molar-refractivity contribution in [3.8, 4) is 0 Å². The van der Waals surface area contributed by atoms with Crippen molar-refractivity contribution in [1.82, 2.24) is 30.0 Å². The second kappa shape index (κ2) is 7.12. The van der Waals surface area contributed by atoms with Crippen LogP contribution >= 0.6 is 0 Å². The molecule has 8 heteroatoms. The van der Waals surface area contributed by atoms with E-state index in [2.05, 4.69) is 34.3 Å². The Bertz CT molecular complexity index is 666. The Morgan fingerprint density at radius 1 is 1.50 bits per heavy atom. The highest BCUT2D eigenvalue weighted by molar-refractivity contribution is 5.76. The molecule has 0 aromatic carbocycles. The fourth-order valence-corrected chi connectivity index (χ4v) is 2.93. The number of hydrogen-bond acceptors (Lipinski definition) is 6. The summed E-state index contributed by atoms with van der Waals surface area (Å²) in [6.45, 7) is 5.73. The van der Waals surface area contributed by atoms with Crippen LogP contribution in [0.1, 0.15) is 44.3 Å². The monoisotopic (exact) mass is 332 g/mol. The van der Waals surface area contributed by atoms with E-state index in [-0.39, 0.29) is 18.5 Å². The lowest BCUT2D eigenvalue weighted by atomic mass is 10.1. The Hall–Kier alpha value is -2.22. The van der Waals surface area contributed by atoms with Gasteiger partial charge in [-0.25, -0.2) is 4.68 Å². The molecule has 3 rings (SSSR count). The maximum absolute atomic E-state index is 12.7. The lowest BCUT2D eigenvalue weighted by Crippen LogP contribution is -2.35. The van der Waals surface area contributed by atoms with Gasteiger partial charge in [0.1, 0.15) is 12.3 Å². The summed E-state index contributed by atoms with van der Waals surface area (Å²) in [5, 5.41) is 11.8. The molecule has 0 N–H and O–H groups in total. The molecule has 0 unspecified atom stereocenters. The van der Waals surface area contributed by atoms with E-state index in [0.717, 1.165) is 25.1 Å². The van der Waals surface area contributed by atoms with Crippen LogP contribution in [0.5, 0.6) is 0 Å². The molecule has 0 radical (unpaired) electrons. The van der Waals surface area contributed by atoms with Crippen LogP contribution in [0.15, 0.2) is 22.8 Å². The number of nitrogens with zero attached hydrogens (tertiary/aromatic N) is 6. The van der Waals surface area contributed by atoms with Crippen LogP contribution in [0.2, 0.25) is 0 Å². The topological polar surface area (TPSA) is 80.3 Å². The molecule has 0 aliphatic carbocycles. The average Bonchev–Trinajstić information content (AvgIpc) is 3.28. The molecule has 1 amide bonds. The summed E-state index contributed by atoms with van der Waals surface area (Å²) in [7, 11) is 2.01. The fraction of sp³-hybridized carbons (Fsp3) is 0.625. The molecule has 0 saturated carbocycles. The summed E-state index contributed by atoms with van der Waals surface area (Å²) in [4.78, 5) is 16.7. The Kier molecular flexibility index (Phi) is 4.94. The molecule has 24 heavy (non-hydrogen) atoms. The number of carbonyl (C=O) groups excluding carboxylic acids is 1. The average molecular weight is 332 g/mol. The zero-order valence-corrected chi connectivity index (χ0v) is 14.4. The van der Waals surface area contributed by atoms with E-state index >= 15 is 0 Å². The summed E-state index contributed by atoms with van der Waals surface area (Å²) in [6.07, 6.45) is 3.56. The minimum Gasteiger partial charge on any atom is -0.467 e. The van der Waals surface area contributed by atoms with E-state index in [0.29, 0.717) is 18.4 Å². The lowest BCUT2D eigenvalue weighted by Gasteiger charge is -2.24. The van der Waals surface area contributed by atoms with Crippen LogP contribution in [-0.2, 0) is 17.9 Å². The summed E-state index contributed by atoms with van der Waals surface area (Å²) < 4.78 is 7.08. The molecule has 1 atom stereocenters. The molecule has 0 spiro atoms. The summed E-state index contributed by atoms with van der Waals surface area (Å²) in [5.41, 5.74) is 0. The third-order valence-electron chi connectivity index (χ3n) is 4.61. The second-order valence-electron chi connectivity index (χ2n) is 6.52. The quantitative estimate of drug-likeness (QED) is 0.797. The lowest BCUT2D eigenvalue weighted by molar-refractivity contribution is -0.133. The van der Waals surface area contributed by atoms with Gasteiger partial charge in [-0.1, -0.05) is 0 Å². The van der Waals surface area contributed by atoms with Crippen molar-refractivity contribution in [2.45, 2.75) is 51.9 Å². The fourth-order valence-electron chi connectivity index (χ4n) is 2.93. The van der Waals surface area contributed by atoms with Gasteiger partial charge in [-0.15, -0.1) is 5.10 Å². The molecule has 3 heterocycles. The molecule has 1 aliphatic rings. The van der Waals surface area contributed by atoms with E-state index < -0.39 is 0 Å². The largest absolute Gasteiger partial charge is 0.467 e. The van der Waals surface area contributed by atoms with Gasteiger partial charge < -0.3 is 9.32 Å². The number of likely N-dealkylation sites (tertiary alicyclic amines) is 1. The van der Waals surface area contributed by atoms with Gasteiger partial charge in [0.25, 0.3) is 0 Å². The number of rotatable bonds is 6. The van der Waals surface area contributed by atoms with Gasteiger partial charge in [0.2, 0.25) is 5.91 Å². The molecule has 2 aromatic heterocycles. The third kappa shape index (κ3) is 3.48. The first-order chi connectivity index (χ1) is 11.6. The minimum atomic E-state index is 0.0192. The van der Waals surface area contributed by atoms with Crippen molar-refractivity contribution >= 4 is 5.91 Å². The molecular formula is C16H24N6O2. The van der Waals surface area contributed by atoms with Crippen molar-refractivity contribution in [2.75, 3.05) is 13.6 Å². The number of amides is 1. The number of furan rings is 1. The molecule has 1 saturated heterocycles. The van der Waals surface area contributed by atoms with Crippen molar-refractivity contribution in [1.29, 1.82) is 0 Å². The van der Waals surface area contributed by atoms with Gasteiger partial charge in [-0.2, -0.15) is 0 Å². The number of carbonyl (C=O) groups is 1. The van der Waals surface area contributed by atoms with Gasteiger partial charge in [0.15, 0.2) is 5.82 Å². The van der Waals surface area contributed by atoms with Crippen LogP contribution in [0, 0.1) is 0 Å². The Balaban J connectivity index is 1.68. The minimum absolute atomic E-state index is 0.0192. The molecule has 2 aromatic rings. The van der Waals surface area contributed by atoms with Gasteiger partial charge in [0, 0.05) is 12.6 Å². The van der Waals surface area contributed by atoms with Gasteiger partial charge in [0.05, 0.1) is 18.8 Å². The van der Waals surface area contributed by atoms with Gasteiger partial charge in [-0.3, -0.25) is 9.69 Å². The highest BCUT2D eigenvalue weighted by Gasteiger charge is 2.32. The predicted octanol–water partition coefficient (Wildman–Crippen LogP) is 1.47. The van der Waals surface area contributed by atoms with Crippen LogP contribution in [0.4, 0.5) is 0 Å². The van der Waals surface area contributed by atoms with Crippen molar-refractivity contribution in [3.63, 3.8) is 0 Å². The van der Waals surface area contributed by atoms with Crippen molar-refractivity contribution < 1.29 is 9.21 Å². The summed E-state index contributed by atoms with van der Waals surface area (Å²) in [6, 6.07) is 4.19. The standard InChI is InChI=1S/C16H24N6O2/c1-12(2)20(3)10-15-17-18-19-22(15)11-16(23)21-8-4-6-13(21)14-7-5-9-24-14/h5,7,9,12-13H,4,6,8,10-11H2,1-3H3/t13-/m1/s1. The number of tetrazole rings is 1. The molecule has 0 bridgehead atoms. The highest BCUT2D eigenvalue weighted by Crippen LogP contribution is 2.32. The van der Waals surface area contributed by atoms with Crippen LogP contribution in [-0.4, -0.2) is 55.5 Å². The zero-order chi connectivity index (χ0) is 17.1. The number of aromatic nitrogens is 4. The second-order valence-corrected chi connectivity index (χ2v) is 6.52. The first-order valence-electron chi connectivity index (χ1n) is 8.34. The molecular weight excluding hydrogens is 308 g/mol. The van der Waals surface area contributed by atoms with E-state index in [1.54, 1.807) is 10.9 Å². The predicted molar refractivity (Wildman–Crippen MR) is 86.8 cm³/mol. The normalized spacial score (nSPS) is 18.0. The van der Waals surface area contributed by atoms with Crippen LogP contribution in [0.3, 0.4) is 0 Å². The van der Waals surface area contributed by atoms with E-state index in [9.17, 15) is 4.79 Å². The van der Waals surface area contributed by atoms with E-state index in [1.165, 1.54) is 0 Å². The maximum atomic E-state index is 12.7. The van der Waals surface area contributed by atoms with Crippen molar-refractivity contribution in [2.24, 2.45) is 0 Å². The maximum Gasteiger partial charge on any atom is 0.245 e. The Morgan fingerprint density at radius 2 is 2.33 bits per heavy atom. The Labute approximate surface area is 141 Å². The zero-order valence-electron chi connectivity index (χ0n) is 14.4. The first kappa shape index (κ1) is 16.6.